The minimum atomic E-state index is -0.695. The average molecular weight is 549 g/mol. The molecule has 0 saturated carbocycles. The topological polar surface area (TPSA) is 69.9 Å². The van der Waals surface area contributed by atoms with Gasteiger partial charge in [-0.15, -0.1) is 0 Å². The highest BCUT2D eigenvalue weighted by Gasteiger charge is 2.29. The van der Waals surface area contributed by atoms with Crippen LogP contribution in [0.5, 0.6) is 5.88 Å². The van der Waals surface area contributed by atoms with Crippen LogP contribution < -0.4 is 4.74 Å². The Kier molecular flexibility index (Phi) is 9.30. The van der Waals surface area contributed by atoms with E-state index >= 15 is 0 Å². The molecule has 2 aromatic heterocycles. The van der Waals surface area contributed by atoms with Crippen LogP contribution in [0.25, 0.3) is 5.52 Å². The van der Waals surface area contributed by atoms with Crippen molar-refractivity contribution in [3.05, 3.63) is 101 Å². The Morgan fingerprint density at radius 2 is 1.70 bits per heavy atom. The molecule has 0 N–H and O–H groups in total. The number of benzene rings is 2. The molecule has 0 saturated heterocycles. The molecule has 1 unspecified atom stereocenters. The van der Waals surface area contributed by atoms with Crippen molar-refractivity contribution >= 4 is 17.3 Å². The van der Waals surface area contributed by atoms with Crippen molar-refractivity contribution in [2.75, 3.05) is 0 Å². The molecule has 40 heavy (non-hydrogen) atoms. The second kappa shape index (κ2) is 12.9. The van der Waals surface area contributed by atoms with Gasteiger partial charge in [-0.25, -0.2) is 13.3 Å². The summed E-state index contributed by atoms with van der Waals surface area (Å²) in [6.45, 7) is 5.81. The molecule has 6 nitrogen and oxygen atoms in total. The Morgan fingerprint density at radius 1 is 0.975 bits per heavy atom. The van der Waals surface area contributed by atoms with Gasteiger partial charge in [-0.1, -0.05) is 56.7 Å². The quantitative estimate of drug-likeness (QED) is 0.129. The number of carbonyl (C=O) groups is 2. The molecular weight excluding hydrogens is 514 g/mol. The summed E-state index contributed by atoms with van der Waals surface area (Å²) in [6.07, 6.45) is 4.10. The molecule has 2 aromatic carbocycles. The zero-order valence-corrected chi connectivity index (χ0v) is 23.1. The highest BCUT2D eigenvalue weighted by Crippen LogP contribution is 2.35. The molecule has 210 valence electrons. The summed E-state index contributed by atoms with van der Waals surface area (Å²) < 4.78 is 40.9. The van der Waals surface area contributed by atoms with Gasteiger partial charge in [0.15, 0.2) is 5.78 Å². The fourth-order valence-electron chi connectivity index (χ4n) is 4.91. The Balaban J connectivity index is 1.44. The number of pyridine rings is 1. The van der Waals surface area contributed by atoms with Crippen LogP contribution in [-0.2, 0) is 22.7 Å². The number of hydrogen-bond donors (Lipinski definition) is 0. The Labute approximate surface area is 232 Å². The molecule has 0 spiro atoms. The van der Waals surface area contributed by atoms with E-state index < -0.39 is 17.0 Å². The molecule has 1 atom stereocenters. The lowest BCUT2D eigenvalue weighted by Gasteiger charge is -2.28. The first kappa shape index (κ1) is 28.9. The first-order valence-corrected chi connectivity index (χ1v) is 13.5. The van der Waals surface area contributed by atoms with E-state index in [2.05, 4.69) is 12.0 Å². The summed E-state index contributed by atoms with van der Waals surface area (Å²) in [5, 5.41) is 4.33. The van der Waals surface area contributed by atoms with E-state index in [1.165, 1.54) is 28.9 Å². The SMILES string of the molecule is CCCC(C)(CCC(=O)c1cnn2c(OCc3c(F)cccc3F)cc(C)cc12)CC(=O)OCc1ccccc1. The first-order valence-electron chi connectivity index (χ1n) is 13.5. The molecule has 0 aliphatic carbocycles. The molecule has 0 aliphatic heterocycles. The van der Waals surface area contributed by atoms with Crippen LogP contribution in [0.3, 0.4) is 0 Å². The number of fused-ring (bicyclic) bond motifs is 1. The molecular formula is C32H34F2N2O4. The molecule has 0 radical (unpaired) electrons. The summed E-state index contributed by atoms with van der Waals surface area (Å²) in [7, 11) is 0. The summed E-state index contributed by atoms with van der Waals surface area (Å²) in [5.74, 6) is -1.51. The zero-order chi connectivity index (χ0) is 28.7. The predicted molar refractivity (Wildman–Crippen MR) is 148 cm³/mol. The number of esters is 1. The lowest BCUT2D eigenvalue weighted by molar-refractivity contribution is -0.147. The molecule has 0 aliphatic rings. The summed E-state index contributed by atoms with van der Waals surface area (Å²) in [6, 6.07) is 16.7. The fourth-order valence-corrected chi connectivity index (χ4v) is 4.91. The number of aromatic nitrogens is 2. The van der Waals surface area contributed by atoms with Crippen LogP contribution in [0, 0.1) is 24.0 Å². The van der Waals surface area contributed by atoms with Crippen molar-refractivity contribution in [2.24, 2.45) is 5.41 Å². The van der Waals surface area contributed by atoms with Crippen LogP contribution in [0.1, 0.15) is 73.0 Å². The average Bonchev–Trinajstić information content (AvgIpc) is 3.35. The van der Waals surface area contributed by atoms with Gasteiger partial charge in [0.2, 0.25) is 5.88 Å². The van der Waals surface area contributed by atoms with Crippen molar-refractivity contribution in [3.8, 4) is 5.88 Å². The minimum absolute atomic E-state index is 0.105. The van der Waals surface area contributed by atoms with E-state index in [4.69, 9.17) is 9.47 Å². The number of halogens is 2. The minimum Gasteiger partial charge on any atom is -0.473 e. The van der Waals surface area contributed by atoms with Crippen molar-refractivity contribution < 1.29 is 27.8 Å². The van der Waals surface area contributed by atoms with Crippen LogP contribution in [0.4, 0.5) is 8.78 Å². The second-order valence-electron chi connectivity index (χ2n) is 10.5. The maximum absolute atomic E-state index is 14.1. The molecule has 4 rings (SSSR count). The number of aryl methyl sites for hydroxylation is 1. The van der Waals surface area contributed by atoms with Crippen LogP contribution in [-0.4, -0.2) is 21.4 Å². The third kappa shape index (κ3) is 7.11. The Morgan fingerprint density at radius 3 is 2.40 bits per heavy atom. The molecule has 0 amide bonds. The van der Waals surface area contributed by atoms with Crippen LogP contribution >= 0.6 is 0 Å². The van der Waals surface area contributed by atoms with Gasteiger partial charge in [0.1, 0.15) is 24.8 Å². The second-order valence-corrected chi connectivity index (χ2v) is 10.5. The number of ketones is 1. The van der Waals surface area contributed by atoms with E-state index in [1.807, 2.05) is 50.2 Å². The number of rotatable bonds is 13. The summed E-state index contributed by atoms with van der Waals surface area (Å²) in [5.41, 5.74) is 2.13. The van der Waals surface area contributed by atoms with Gasteiger partial charge in [0.05, 0.1) is 29.3 Å². The van der Waals surface area contributed by atoms with Gasteiger partial charge in [-0.3, -0.25) is 9.59 Å². The smallest absolute Gasteiger partial charge is 0.306 e. The largest absolute Gasteiger partial charge is 0.473 e. The molecule has 0 fully saturated rings. The van der Waals surface area contributed by atoms with Crippen molar-refractivity contribution in [2.45, 2.75) is 66.1 Å². The molecule has 0 bridgehead atoms. The van der Waals surface area contributed by atoms with Gasteiger partial charge in [0, 0.05) is 12.5 Å². The van der Waals surface area contributed by atoms with Gasteiger partial charge < -0.3 is 9.47 Å². The maximum Gasteiger partial charge on any atom is 0.306 e. The lowest BCUT2D eigenvalue weighted by atomic mass is 9.77. The summed E-state index contributed by atoms with van der Waals surface area (Å²) in [4.78, 5) is 26.0. The summed E-state index contributed by atoms with van der Waals surface area (Å²) >= 11 is 0. The van der Waals surface area contributed by atoms with E-state index in [-0.39, 0.29) is 49.3 Å². The van der Waals surface area contributed by atoms with Crippen molar-refractivity contribution in [3.63, 3.8) is 0 Å². The highest BCUT2D eigenvalue weighted by molar-refractivity contribution is 6.02. The van der Waals surface area contributed by atoms with Crippen molar-refractivity contribution in [1.29, 1.82) is 0 Å². The number of nitrogens with zero attached hydrogens (tertiary/aromatic N) is 2. The third-order valence-electron chi connectivity index (χ3n) is 7.08. The first-order chi connectivity index (χ1) is 19.2. The van der Waals surface area contributed by atoms with E-state index in [1.54, 1.807) is 6.07 Å². The van der Waals surface area contributed by atoms with Gasteiger partial charge in [-0.05, 0) is 54.5 Å². The normalized spacial score (nSPS) is 12.7. The monoisotopic (exact) mass is 548 g/mol. The van der Waals surface area contributed by atoms with E-state index in [9.17, 15) is 18.4 Å². The fraction of sp³-hybridized carbons (Fsp3) is 0.344. The van der Waals surface area contributed by atoms with E-state index in [0.29, 0.717) is 17.5 Å². The number of ether oxygens (including phenoxy) is 2. The number of Topliss-reactive ketones (excluding diaryl/α,β-unsaturated/α-hetero) is 1. The Hall–Kier alpha value is -4.07. The third-order valence-corrected chi connectivity index (χ3v) is 7.08. The highest BCUT2D eigenvalue weighted by atomic mass is 19.1. The predicted octanol–water partition coefficient (Wildman–Crippen LogP) is 7.40. The van der Waals surface area contributed by atoms with Crippen LogP contribution in [0.2, 0.25) is 0 Å². The maximum atomic E-state index is 14.1. The Bertz CT molecular complexity index is 1470. The lowest BCUT2D eigenvalue weighted by Crippen LogP contribution is -2.23. The molecule has 8 heteroatoms. The number of hydrogen-bond acceptors (Lipinski definition) is 5. The van der Waals surface area contributed by atoms with Gasteiger partial charge in [0.25, 0.3) is 0 Å². The molecule has 2 heterocycles. The standard InChI is InChI=1S/C32H34F2N2O4/c1-4-14-32(3,18-31(38)40-20-23-9-6-5-7-10-23)15-13-29(37)24-19-35-36-28(24)16-22(2)17-30(36)39-21-25-26(33)11-8-12-27(25)34/h5-12,16-17,19H,4,13-15,18,20-21H2,1-3H3. The van der Waals surface area contributed by atoms with Crippen molar-refractivity contribution in [1.82, 2.24) is 9.61 Å². The van der Waals surface area contributed by atoms with Crippen LogP contribution in [0.15, 0.2) is 66.9 Å². The molecule has 4 aromatic rings. The van der Waals surface area contributed by atoms with Gasteiger partial charge in [-0.2, -0.15) is 5.10 Å². The number of carbonyl (C=O) groups excluding carboxylic acids is 2. The zero-order valence-electron chi connectivity index (χ0n) is 23.1. The van der Waals surface area contributed by atoms with Gasteiger partial charge >= 0.3 is 5.97 Å². The van der Waals surface area contributed by atoms with E-state index in [0.717, 1.165) is 24.0 Å².